The van der Waals surface area contributed by atoms with Gasteiger partial charge in [0.2, 0.25) is 5.91 Å². The number of anilines is 2. The standard InChI is InChI=1S/C14H12ClFN2OS/c15-12-7-10(3-6-13(12)16)18-14(19)8-20-11-4-1-9(17)2-5-11/h1-7H,8,17H2,(H,18,19). The zero-order valence-corrected chi connectivity index (χ0v) is 12.0. The molecule has 2 aromatic rings. The number of halogens is 2. The molecule has 0 aliphatic carbocycles. The average Bonchev–Trinajstić information content (AvgIpc) is 2.42. The number of nitrogens with one attached hydrogen (secondary N) is 1. The highest BCUT2D eigenvalue weighted by Crippen LogP contribution is 2.21. The molecule has 3 N–H and O–H groups in total. The molecule has 0 saturated carbocycles. The minimum atomic E-state index is -0.513. The Balaban J connectivity index is 1.89. The third-order valence-electron chi connectivity index (χ3n) is 2.45. The minimum absolute atomic E-state index is 0.0195. The van der Waals surface area contributed by atoms with Crippen molar-refractivity contribution in [3.63, 3.8) is 0 Å². The highest BCUT2D eigenvalue weighted by molar-refractivity contribution is 8.00. The van der Waals surface area contributed by atoms with Gasteiger partial charge < -0.3 is 11.1 Å². The van der Waals surface area contributed by atoms with Crippen LogP contribution in [0.2, 0.25) is 5.02 Å². The minimum Gasteiger partial charge on any atom is -0.399 e. The number of amides is 1. The zero-order valence-electron chi connectivity index (χ0n) is 10.4. The molecule has 0 heterocycles. The van der Waals surface area contributed by atoms with E-state index in [-0.39, 0.29) is 16.7 Å². The zero-order chi connectivity index (χ0) is 14.5. The van der Waals surface area contributed by atoms with Crippen LogP contribution in [0.25, 0.3) is 0 Å². The highest BCUT2D eigenvalue weighted by Gasteiger charge is 2.06. The fourth-order valence-electron chi connectivity index (χ4n) is 1.48. The van der Waals surface area contributed by atoms with Crippen molar-refractivity contribution in [1.29, 1.82) is 0 Å². The maximum atomic E-state index is 13.0. The summed E-state index contributed by atoms with van der Waals surface area (Å²) in [6.07, 6.45) is 0. The predicted molar refractivity (Wildman–Crippen MR) is 81.6 cm³/mol. The maximum absolute atomic E-state index is 13.0. The molecular formula is C14H12ClFN2OS. The Morgan fingerprint density at radius 2 is 1.95 bits per heavy atom. The van der Waals surface area contributed by atoms with E-state index < -0.39 is 5.82 Å². The van der Waals surface area contributed by atoms with Gasteiger partial charge in [0.25, 0.3) is 0 Å². The fraction of sp³-hybridized carbons (Fsp3) is 0.0714. The lowest BCUT2D eigenvalue weighted by Crippen LogP contribution is -2.13. The van der Waals surface area contributed by atoms with Crippen molar-refractivity contribution in [3.05, 3.63) is 53.3 Å². The van der Waals surface area contributed by atoms with Crippen LogP contribution in [0, 0.1) is 5.82 Å². The second-order valence-corrected chi connectivity index (χ2v) is 5.49. The molecule has 20 heavy (non-hydrogen) atoms. The van der Waals surface area contributed by atoms with Gasteiger partial charge in [-0.1, -0.05) is 11.6 Å². The van der Waals surface area contributed by atoms with Gasteiger partial charge in [0.05, 0.1) is 10.8 Å². The average molecular weight is 311 g/mol. The first kappa shape index (κ1) is 14.7. The van der Waals surface area contributed by atoms with Gasteiger partial charge in [-0.2, -0.15) is 0 Å². The number of carbonyl (C=O) groups excluding carboxylic acids is 1. The van der Waals surface area contributed by atoms with E-state index in [9.17, 15) is 9.18 Å². The summed E-state index contributed by atoms with van der Waals surface area (Å²) in [5, 5.41) is 2.64. The molecule has 0 unspecified atom stereocenters. The number of hydrogen-bond acceptors (Lipinski definition) is 3. The molecule has 0 spiro atoms. The summed E-state index contributed by atoms with van der Waals surface area (Å²) in [5.74, 6) is -0.450. The van der Waals surface area contributed by atoms with Gasteiger partial charge in [-0.05, 0) is 42.5 Å². The first-order valence-electron chi connectivity index (χ1n) is 5.78. The van der Waals surface area contributed by atoms with Gasteiger partial charge in [0, 0.05) is 16.3 Å². The molecular weight excluding hydrogens is 299 g/mol. The Morgan fingerprint density at radius 1 is 1.25 bits per heavy atom. The second kappa shape index (κ2) is 6.63. The fourth-order valence-corrected chi connectivity index (χ4v) is 2.36. The summed E-state index contributed by atoms with van der Waals surface area (Å²) in [5.41, 5.74) is 6.73. The summed E-state index contributed by atoms with van der Waals surface area (Å²) in [6, 6.07) is 11.3. The van der Waals surface area contributed by atoms with Crippen molar-refractivity contribution in [2.24, 2.45) is 0 Å². The summed E-state index contributed by atoms with van der Waals surface area (Å²) in [6.45, 7) is 0. The van der Waals surface area contributed by atoms with Crippen LogP contribution in [0.5, 0.6) is 0 Å². The Morgan fingerprint density at radius 3 is 2.60 bits per heavy atom. The van der Waals surface area contributed by atoms with E-state index in [4.69, 9.17) is 17.3 Å². The van der Waals surface area contributed by atoms with E-state index in [1.54, 1.807) is 12.1 Å². The first-order valence-corrected chi connectivity index (χ1v) is 7.14. The van der Waals surface area contributed by atoms with Gasteiger partial charge in [-0.3, -0.25) is 4.79 Å². The topological polar surface area (TPSA) is 55.1 Å². The molecule has 6 heteroatoms. The van der Waals surface area contributed by atoms with Crippen LogP contribution in [0.1, 0.15) is 0 Å². The molecule has 0 radical (unpaired) electrons. The lowest BCUT2D eigenvalue weighted by atomic mass is 10.3. The Bertz CT molecular complexity index is 619. The van der Waals surface area contributed by atoms with Crippen LogP contribution in [-0.4, -0.2) is 11.7 Å². The molecule has 0 aliphatic rings. The SMILES string of the molecule is Nc1ccc(SCC(=O)Nc2ccc(F)c(Cl)c2)cc1. The van der Waals surface area contributed by atoms with Gasteiger partial charge in [-0.15, -0.1) is 11.8 Å². The summed E-state index contributed by atoms with van der Waals surface area (Å²) in [7, 11) is 0. The lowest BCUT2D eigenvalue weighted by Gasteiger charge is -2.06. The third kappa shape index (κ3) is 4.15. The Labute approximate surface area is 125 Å². The van der Waals surface area contributed by atoms with E-state index in [0.29, 0.717) is 11.4 Å². The van der Waals surface area contributed by atoms with Crippen LogP contribution in [0.4, 0.5) is 15.8 Å². The number of nitrogens with two attached hydrogens (primary N) is 1. The third-order valence-corrected chi connectivity index (χ3v) is 3.76. The van der Waals surface area contributed by atoms with Crippen molar-refractivity contribution < 1.29 is 9.18 Å². The van der Waals surface area contributed by atoms with E-state index in [1.807, 2.05) is 12.1 Å². The van der Waals surface area contributed by atoms with Gasteiger partial charge in [0.15, 0.2) is 0 Å². The molecule has 2 rings (SSSR count). The van der Waals surface area contributed by atoms with Crippen LogP contribution in [0.3, 0.4) is 0 Å². The van der Waals surface area contributed by atoms with Crippen molar-refractivity contribution >= 4 is 40.6 Å². The van der Waals surface area contributed by atoms with Crippen molar-refractivity contribution in [3.8, 4) is 0 Å². The van der Waals surface area contributed by atoms with Crippen molar-refractivity contribution in [1.82, 2.24) is 0 Å². The van der Waals surface area contributed by atoms with Crippen molar-refractivity contribution in [2.75, 3.05) is 16.8 Å². The molecule has 0 aromatic heterocycles. The Kier molecular flexibility index (Phi) is 4.87. The van der Waals surface area contributed by atoms with Crippen LogP contribution < -0.4 is 11.1 Å². The normalized spacial score (nSPS) is 10.3. The highest BCUT2D eigenvalue weighted by atomic mass is 35.5. The first-order chi connectivity index (χ1) is 9.54. The number of thioether (sulfide) groups is 1. The summed E-state index contributed by atoms with van der Waals surface area (Å²) >= 11 is 7.03. The molecule has 0 fully saturated rings. The molecule has 0 bridgehead atoms. The van der Waals surface area contributed by atoms with E-state index >= 15 is 0 Å². The maximum Gasteiger partial charge on any atom is 0.234 e. The summed E-state index contributed by atoms with van der Waals surface area (Å²) < 4.78 is 13.0. The van der Waals surface area contributed by atoms with E-state index in [2.05, 4.69) is 5.32 Å². The number of carbonyl (C=O) groups is 1. The molecule has 0 saturated heterocycles. The predicted octanol–water partition coefficient (Wildman–Crippen LogP) is 3.79. The second-order valence-electron chi connectivity index (χ2n) is 4.03. The van der Waals surface area contributed by atoms with Crippen LogP contribution >= 0.6 is 23.4 Å². The van der Waals surface area contributed by atoms with Crippen LogP contribution in [-0.2, 0) is 4.79 Å². The summed E-state index contributed by atoms with van der Waals surface area (Å²) in [4.78, 5) is 12.7. The number of benzene rings is 2. The lowest BCUT2D eigenvalue weighted by molar-refractivity contribution is -0.113. The number of rotatable bonds is 4. The molecule has 3 nitrogen and oxygen atoms in total. The number of hydrogen-bond donors (Lipinski definition) is 2. The number of nitrogen functional groups attached to an aromatic ring is 1. The molecule has 2 aromatic carbocycles. The van der Waals surface area contributed by atoms with Crippen molar-refractivity contribution in [2.45, 2.75) is 4.90 Å². The molecule has 104 valence electrons. The van der Waals surface area contributed by atoms with Gasteiger partial charge >= 0.3 is 0 Å². The molecule has 1 amide bonds. The molecule has 0 aliphatic heterocycles. The van der Waals surface area contributed by atoms with E-state index in [0.717, 1.165) is 4.90 Å². The largest absolute Gasteiger partial charge is 0.399 e. The van der Waals surface area contributed by atoms with Gasteiger partial charge in [0.1, 0.15) is 5.82 Å². The van der Waals surface area contributed by atoms with Gasteiger partial charge in [-0.25, -0.2) is 4.39 Å². The van der Waals surface area contributed by atoms with E-state index in [1.165, 1.54) is 30.0 Å². The molecule has 0 atom stereocenters. The smallest absolute Gasteiger partial charge is 0.234 e. The van der Waals surface area contributed by atoms with Crippen LogP contribution in [0.15, 0.2) is 47.4 Å². The Hall–Kier alpha value is -1.72. The monoisotopic (exact) mass is 310 g/mol. The quantitative estimate of drug-likeness (QED) is 0.667.